The molecule has 1 fully saturated rings. The van der Waals surface area contributed by atoms with Crippen molar-refractivity contribution in [2.24, 2.45) is 0 Å². The molecule has 0 saturated carbocycles. The van der Waals surface area contributed by atoms with Crippen LogP contribution in [0.4, 0.5) is 0 Å². The fourth-order valence-electron chi connectivity index (χ4n) is 4.10. The molecule has 3 rings (SSSR count). The van der Waals surface area contributed by atoms with Gasteiger partial charge in [-0.15, -0.1) is 0 Å². The number of amides is 2. The van der Waals surface area contributed by atoms with Crippen LogP contribution >= 0.6 is 0 Å². The van der Waals surface area contributed by atoms with Crippen molar-refractivity contribution in [2.45, 2.75) is 38.3 Å². The third-order valence-electron chi connectivity index (χ3n) is 5.54. The number of nitrogens with one attached hydrogen (secondary N) is 1. The van der Waals surface area contributed by atoms with Crippen LogP contribution in [0, 0.1) is 0 Å². The van der Waals surface area contributed by atoms with Crippen LogP contribution < -0.4 is 5.32 Å². The highest BCUT2D eigenvalue weighted by atomic mass is 16.5. The Balaban J connectivity index is 1.69. The Hall–Kier alpha value is -1.92. The topological polar surface area (TPSA) is 61.9 Å². The summed E-state index contributed by atoms with van der Waals surface area (Å²) in [5.74, 6) is -0.00420. The van der Waals surface area contributed by atoms with E-state index < -0.39 is 0 Å². The number of methoxy groups -OCH3 is 1. The zero-order valence-corrected chi connectivity index (χ0v) is 15.7. The lowest BCUT2D eigenvalue weighted by atomic mass is 10.0. The lowest BCUT2D eigenvalue weighted by Crippen LogP contribution is -2.60. The molecule has 1 saturated heterocycles. The van der Waals surface area contributed by atoms with Gasteiger partial charge in [-0.2, -0.15) is 0 Å². The summed E-state index contributed by atoms with van der Waals surface area (Å²) in [4.78, 5) is 29.3. The molecule has 6 heteroatoms. The van der Waals surface area contributed by atoms with Crippen molar-refractivity contribution in [3.63, 3.8) is 0 Å². The van der Waals surface area contributed by atoms with E-state index >= 15 is 0 Å². The quantitative estimate of drug-likeness (QED) is 0.784. The lowest BCUT2D eigenvalue weighted by molar-refractivity contribution is -0.140. The van der Waals surface area contributed by atoms with Gasteiger partial charge in [-0.1, -0.05) is 24.3 Å². The first-order chi connectivity index (χ1) is 12.6. The van der Waals surface area contributed by atoms with Crippen molar-refractivity contribution in [3.05, 3.63) is 35.4 Å². The van der Waals surface area contributed by atoms with Gasteiger partial charge in [0.2, 0.25) is 11.8 Å². The predicted octanol–water partition coefficient (Wildman–Crippen LogP) is 0.839. The molecule has 1 aliphatic heterocycles. The molecule has 2 amide bonds. The van der Waals surface area contributed by atoms with Crippen molar-refractivity contribution in [2.75, 3.05) is 39.9 Å². The molecule has 1 aromatic carbocycles. The van der Waals surface area contributed by atoms with Gasteiger partial charge in [0.15, 0.2) is 0 Å². The third-order valence-corrected chi connectivity index (χ3v) is 5.54. The number of likely N-dealkylation sites (N-methyl/N-ethyl adjacent to an activating group) is 1. The lowest BCUT2D eigenvalue weighted by Gasteiger charge is -2.39. The van der Waals surface area contributed by atoms with Crippen LogP contribution in [0.3, 0.4) is 0 Å². The molecular formula is C20H29N3O3. The standard InChI is InChI=1S/C20H29N3O3/c1-3-22(10-11-26-2)19(24)14-18-20(25)21-8-9-23(18)17-12-15-6-4-5-7-16(15)13-17/h4-7,17-18H,3,8-14H2,1-2H3,(H,21,25). The molecule has 26 heavy (non-hydrogen) atoms. The molecule has 0 radical (unpaired) electrons. The van der Waals surface area contributed by atoms with E-state index in [1.165, 1.54) is 11.1 Å². The molecular weight excluding hydrogens is 330 g/mol. The average molecular weight is 359 g/mol. The van der Waals surface area contributed by atoms with Gasteiger partial charge in [0.1, 0.15) is 0 Å². The van der Waals surface area contributed by atoms with E-state index in [2.05, 4.69) is 34.5 Å². The zero-order chi connectivity index (χ0) is 18.5. The molecule has 0 spiro atoms. The first kappa shape index (κ1) is 18.9. The monoisotopic (exact) mass is 359 g/mol. The summed E-state index contributed by atoms with van der Waals surface area (Å²) < 4.78 is 5.09. The first-order valence-electron chi connectivity index (χ1n) is 9.51. The maximum absolute atomic E-state index is 12.7. The second-order valence-electron chi connectivity index (χ2n) is 7.05. The molecule has 1 N–H and O–H groups in total. The second kappa shape index (κ2) is 8.64. The second-order valence-corrected chi connectivity index (χ2v) is 7.05. The van der Waals surface area contributed by atoms with Gasteiger partial charge in [0.05, 0.1) is 19.1 Å². The number of piperazine rings is 1. The van der Waals surface area contributed by atoms with Gasteiger partial charge in [-0.05, 0) is 30.9 Å². The molecule has 142 valence electrons. The summed E-state index contributed by atoms with van der Waals surface area (Å²) in [5.41, 5.74) is 2.73. The minimum atomic E-state index is -0.382. The van der Waals surface area contributed by atoms with Gasteiger partial charge in [-0.3, -0.25) is 14.5 Å². The molecule has 1 aliphatic carbocycles. The number of carbonyl (C=O) groups excluding carboxylic acids is 2. The summed E-state index contributed by atoms with van der Waals surface area (Å²) in [6.07, 6.45) is 2.14. The average Bonchev–Trinajstić information content (AvgIpc) is 3.08. The van der Waals surface area contributed by atoms with E-state index in [4.69, 9.17) is 4.74 Å². The van der Waals surface area contributed by atoms with Crippen LogP contribution in [0.5, 0.6) is 0 Å². The smallest absolute Gasteiger partial charge is 0.237 e. The van der Waals surface area contributed by atoms with E-state index in [0.29, 0.717) is 32.3 Å². The number of hydrogen-bond acceptors (Lipinski definition) is 4. The van der Waals surface area contributed by atoms with E-state index in [9.17, 15) is 9.59 Å². The van der Waals surface area contributed by atoms with Crippen molar-refractivity contribution in [3.8, 4) is 0 Å². The SMILES string of the molecule is CCN(CCOC)C(=O)CC1C(=O)NCCN1C1Cc2ccccc2C1. The molecule has 1 heterocycles. The molecule has 1 unspecified atom stereocenters. The molecule has 0 bridgehead atoms. The van der Waals surface area contributed by atoms with Gasteiger partial charge < -0.3 is 15.0 Å². The van der Waals surface area contributed by atoms with Crippen LogP contribution in [0.25, 0.3) is 0 Å². The van der Waals surface area contributed by atoms with Gasteiger partial charge in [-0.25, -0.2) is 0 Å². The van der Waals surface area contributed by atoms with Crippen LogP contribution in [-0.2, 0) is 27.2 Å². The third kappa shape index (κ3) is 4.07. The zero-order valence-electron chi connectivity index (χ0n) is 15.7. The van der Waals surface area contributed by atoms with Crippen molar-refractivity contribution >= 4 is 11.8 Å². The number of ether oxygens (including phenoxy) is 1. The minimum Gasteiger partial charge on any atom is -0.383 e. The maximum Gasteiger partial charge on any atom is 0.237 e. The summed E-state index contributed by atoms with van der Waals surface area (Å²) in [6.45, 7) is 5.11. The van der Waals surface area contributed by atoms with E-state index in [1.807, 2.05) is 6.92 Å². The van der Waals surface area contributed by atoms with Crippen LogP contribution in [0.1, 0.15) is 24.5 Å². The fraction of sp³-hybridized carbons (Fsp3) is 0.600. The Labute approximate surface area is 155 Å². The van der Waals surface area contributed by atoms with Crippen molar-refractivity contribution in [1.29, 1.82) is 0 Å². The number of carbonyl (C=O) groups is 2. The normalized spacial score (nSPS) is 20.7. The largest absolute Gasteiger partial charge is 0.383 e. The number of fused-ring (bicyclic) bond motifs is 1. The molecule has 1 atom stereocenters. The van der Waals surface area contributed by atoms with Gasteiger partial charge >= 0.3 is 0 Å². The highest BCUT2D eigenvalue weighted by molar-refractivity contribution is 5.89. The summed E-state index contributed by atoms with van der Waals surface area (Å²) >= 11 is 0. The van der Waals surface area contributed by atoms with Crippen molar-refractivity contribution < 1.29 is 14.3 Å². The minimum absolute atomic E-state index is 0.0205. The summed E-state index contributed by atoms with van der Waals surface area (Å²) in [5, 5.41) is 2.94. The summed E-state index contributed by atoms with van der Waals surface area (Å²) in [7, 11) is 1.63. The van der Waals surface area contributed by atoms with Crippen LogP contribution in [0.15, 0.2) is 24.3 Å². The van der Waals surface area contributed by atoms with Gasteiger partial charge in [0, 0.05) is 39.3 Å². The summed E-state index contributed by atoms with van der Waals surface area (Å²) in [6, 6.07) is 8.39. The molecule has 1 aromatic rings. The number of benzene rings is 1. The Bertz CT molecular complexity index is 624. The predicted molar refractivity (Wildman–Crippen MR) is 99.9 cm³/mol. The van der Waals surface area contributed by atoms with E-state index in [1.54, 1.807) is 12.0 Å². The van der Waals surface area contributed by atoms with Crippen molar-refractivity contribution in [1.82, 2.24) is 15.1 Å². The van der Waals surface area contributed by atoms with Gasteiger partial charge in [0.25, 0.3) is 0 Å². The Kier molecular flexibility index (Phi) is 6.27. The highest BCUT2D eigenvalue weighted by Crippen LogP contribution is 2.28. The Morgan fingerprint density at radius 3 is 2.62 bits per heavy atom. The van der Waals surface area contributed by atoms with E-state index in [-0.39, 0.29) is 24.3 Å². The maximum atomic E-state index is 12.7. The fourth-order valence-corrected chi connectivity index (χ4v) is 4.10. The number of rotatable bonds is 7. The highest BCUT2D eigenvalue weighted by Gasteiger charge is 2.38. The van der Waals surface area contributed by atoms with E-state index in [0.717, 1.165) is 19.4 Å². The number of hydrogen-bond donors (Lipinski definition) is 1. The molecule has 0 aromatic heterocycles. The molecule has 6 nitrogen and oxygen atoms in total. The first-order valence-corrected chi connectivity index (χ1v) is 9.51. The Morgan fingerprint density at radius 2 is 2.00 bits per heavy atom. The van der Waals surface area contributed by atoms with Crippen LogP contribution in [0.2, 0.25) is 0 Å². The molecule has 2 aliphatic rings. The Morgan fingerprint density at radius 1 is 1.31 bits per heavy atom. The van der Waals surface area contributed by atoms with Crippen LogP contribution in [-0.4, -0.2) is 73.6 Å². The number of nitrogens with zero attached hydrogens (tertiary/aromatic N) is 2.